The number of ether oxygens (including phenoxy) is 4. The highest BCUT2D eigenvalue weighted by Gasteiger charge is 2.42. The van der Waals surface area contributed by atoms with Crippen molar-refractivity contribution in [1.29, 1.82) is 0 Å². The largest absolute Gasteiger partial charge is 0.489 e. The molecule has 0 bridgehead atoms. The fourth-order valence-electron chi connectivity index (χ4n) is 8.79. The molecule has 0 unspecified atom stereocenters. The highest BCUT2D eigenvalue weighted by Crippen LogP contribution is 2.33. The van der Waals surface area contributed by atoms with Crippen molar-refractivity contribution in [3.63, 3.8) is 0 Å². The van der Waals surface area contributed by atoms with Crippen LogP contribution in [0.1, 0.15) is 81.8 Å². The molecule has 22 heteroatoms. The molecule has 2 aliphatic rings. The number of nitrogens with one attached hydrogen (secondary N) is 8. The molecule has 4 aromatic rings. The van der Waals surface area contributed by atoms with Gasteiger partial charge in [0.1, 0.15) is 36.1 Å². The van der Waals surface area contributed by atoms with Gasteiger partial charge in [-0.1, -0.05) is 30.7 Å². The first kappa shape index (κ1) is 62.3. The lowest BCUT2D eigenvalue weighted by Crippen LogP contribution is -2.36. The van der Waals surface area contributed by atoms with Crippen LogP contribution in [0.3, 0.4) is 0 Å². The van der Waals surface area contributed by atoms with Gasteiger partial charge in [-0.05, 0) is 125 Å². The summed E-state index contributed by atoms with van der Waals surface area (Å²) in [5.74, 6) is 2.13. The number of rotatable bonds is 39. The van der Waals surface area contributed by atoms with Crippen LogP contribution in [-0.4, -0.2) is 147 Å². The molecular weight excluding hydrogens is 1050 g/mol. The predicted molar refractivity (Wildman–Crippen MR) is 310 cm³/mol. The number of unbranched alkanes of at least 4 members (excludes halogenated alkanes) is 2. The van der Waals surface area contributed by atoms with E-state index >= 15 is 0 Å². The Morgan fingerprint density at radius 2 is 1.35 bits per heavy atom. The van der Waals surface area contributed by atoms with Crippen molar-refractivity contribution >= 4 is 70.1 Å². The van der Waals surface area contributed by atoms with Gasteiger partial charge in [0.2, 0.25) is 23.6 Å². The standard InChI is InChI=1S/C58H80FN11O9S/c1-42-35-47(22-23-49(42)79-39-43-13-7-14-44(59)36-43)66-52-38-51(63-41-64-52)65-45-15-8-16-46(37-45)67-56(74)21-10-28-70(2)27-6-5-24-60-54(72)19-9-20-55(73)62-26-12-30-77-32-34-78-33-31-76-29-11-25-61-53(71)18-4-3-17-50-57-48(40-80-50)68-58(75)69-57/h7-8,10,13-16,21-23,35-38,41,48,50,57H,3-6,9,11-12,17-20,24-34,39-40H2,1-2H3,(H,60,72)(H,61,71)(H,62,73)(H,67,74)(H2,68,69,75)(H2,63,64,65,66)/b21-10+/t48-,50-,57-/m0/s1. The second-order valence-electron chi connectivity index (χ2n) is 19.7. The number of nitrogens with zero attached hydrogens (tertiary/aromatic N) is 3. The third-order valence-corrected chi connectivity index (χ3v) is 14.5. The number of anilines is 5. The zero-order chi connectivity index (χ0) is 56.6. The first-order chi connectivity index (χ1) is 38.9. The Balaban J connectivity index is 0.685. The van der Waals surface area contributed by atoms with Crippen LogP contribution in [-0.2, 0) is 40.0 Å². The van der Waals surface area contributed by atoms with Crippen LogP contribution in [0.25, 0.3) is 0 Å². The summed E-state index contributed by atoms with van der Waals surface area (Å²) in [6.07, 6.45) is 12.2. The minimum absolute atomic E-state index is 0.0605. The highest BCUT2D eigenvalue weighted by molar-refractivity contribution is 8.00. The summed E-state index contributed by atoms with van der Waals surface area (Å²) in [5, 5.41) is 24.6. The minimum Gasteiger partial charge on any atom is -0.489 e. The molecule has 0 aliphatic carbocycles. The van der Waals surface area contributed by atoms with E-state index in [0.717, 1.165) is 73.3 Å². The van der Waals surface area contributed by atoms with Crippen molar-refractivity contribution in [3.05, 3.63) is 108 Å². The molecule has 6 amide bonds. The Kier molecular flexibility index (Phi) is 27.8. The lowest BCUT2D eigenvalue weighted by atomic mass is 10.0. The highest BCUT2D eigenvalue weighted by atomic mass is 32.2. The van der Waals surface area contributed by atoms with Gasteiger partial charge in [-0.15, -0.1) is 0 Å². The molecule has 20 nitrogen and oxygen atoms in total. The van der Waals surface area contributed by atoms with Gasteiger partial charge in [0.25, 0.3) is 0 Å². The number of amides is 6. The number of fused-ring (bicyclic) bond motifs is 1. The van der Waals surface area contributed by atoms with Crippen molar-refractivity contribution in [3.8, 4) is 5.75 Å². The molecule has 0 saturated carbocycles. The van der Waals surface area contributed by atoms with Crippen LogP contribution in [0, 0.1) is 12.7 Å². The summed E-state index contributed by atoms with van der Waals surface area (Å²) in [6, 6.07) is 21.5. The van der Waals surface area contributed by atoms with E-state index in [-0.39, 0.29) is 67.0 Å². The minimum atomic E-state index is -0.300. The van der Waals surface area contributed by atoms with Crippen molar-refractivity contribution in [1.82, 2.24) is 41.5 Å². The van der Waals surface area contributed by atoms with Crippen molar-refractivity contribution in [2.75, 3.05) is 101 Å². The van der Waals surface area contributed by atoms with E-state index in [0.29, 0.717) is 113 Å². The number of benzene rings is 3. The summed E-state index contributed by atoms with van der Waals surface area (Å²) in [4.78, 5) is 71.8. The van der Waals surface area contributed by atoms with Crippen molar-refractivity contribution < 1.29 is 47.3 Å². The Bertz CT molecular complexity index is 2600. The van der Waals surface area contributed by atoms with Gasteiger partial charge in [0.15, 0.2) is 0 Å². The molecule has 0 spiro atoms. The van der Waals surface area contributed by atoms with Gasteiger partial charge in [-0.3, -0.25) is 19.2 Å². The van der Waals surface area contributed by atoms with Gasteiger partial charge in [-0.2, -0.15) is 11.8 Å². The topological polar surface area (TPSA) is 248 Å². The van der Waals surface area contributed by atoms with Gasteiger partial charge in [-0.25, -0.2) is 19.2 Å². The number of halogens is 1. The third kappa shape index (κ3) is 24.7. The first-order valence-electron chi connectivity index (χ1n) is 27.8. The number of carbonyl (C=O) groups excluding carboxylic acids is 5. The van der Waals surface area contributed by atoms with E-state index in [4.69, 9.17) is 18.9 Å². The Morgan fingerprint density at radius 1 is 0.713 bits per heavy atom. The number of likely N-dealkylation sites (N-methyl/N-ethyl adjacent to an activating group) is 1. The molecule has 80 heavy (non-hydrogen) atoms. The van der Waals surface area contributed by atoms with Gasteiger partial charge < -0.3 is 66.4 Å². The maximum Gasteiger partial charge on any atom is 0.315 e. The van der Waals surface area contributed by atoms with Gasteiger partial charge in [0, 0.05) is 98.9 Å². The number of carbonyl (C=O) groups is 5. The van der Waals surface area contributed by atoms with E-state index in [1.165, 1.54) is 24.5 Å². The molecule has 3 heterocycles. The zero-order valence-electron chi connectivity index (χ0n) is 46.2. The summed E-state index contributed by atoms with van der Waals surface area (Å²) < 4.78 is 36.2. The molecular formula is C58H80FN11O9S. The third-order valence-electron chi connectivity index (χ3n) is 13.0. The van der Waals surface area contributed by atoms with Crippen LogP contribution in [0.2, 0.25) is 0 Å². The van der Waals surface area contributed by atoms with Crippen LogP contribution in [0.15, 0.2) is 91.3 Å². The fraction of sp³-hybridized carbons (Fsp3) is 0.500. The molecule has 6 rings (SSSR count). The zero-order valence-corrected chi connectivity index (χ0v) is 47.0. The van der Waals surface area contributed by atoms with Gasteiger partial charge >= 0.3 is 6.03 Å². The van der Waals surface area contributed by atoms with Crippen LogP contribution < -0.4 is 47.3 Å². The van der Waals surface area contributed by atoms with E-state index in [1.807, 2.05) is 80.3 Å². The molecule has 1 aromatic heterocycles. The Morgan fingerprint density at radius 3 is 2.04 bits per heavy atom. The predicted octanol–water partition coefficient (Wildman–Crippen LogP) is 7.27. The Labute approximate surface area is 473 Å². The molecule has 3 atom stereocenters. The van der Waals surface area contributed by atoms with Crippen LogP contribution in [0.5, 0.6) is 5.75 Å². The average Bonchev–Trinajstić information content (AvgIpc) is 4.04. The second-order valence-corrected chi connectivity index (χ2v) is 21.0. The summed E-state index contributed by atoms with van der Waals surface area (Å²) in [5.41, 5.74) is 3.81. The fourth-order valence-corrected chi connectivity index (χ4v) is 10.3. The monoisotopic (exact) mass is 1130 g/mol. The number of aromatic nitrogens is 2. The van der Waals surface area contributed by atoms with E-state index in [2.05, 4.69) is 57.4 Å². The average molecular weight is 1130 g/mol. The molecule has 8 N–H and O–H groups in total. The van der Waals surface area contributed by atoms with E-state index < -0.39 is 0 Å². The van der Waals surface area contributed by atoms with Crippen LogP contribution in [0.4, 0.5) is 37.9 Å². The first-order valence-corrected chi connectivity index (χ1v) is 28.8. The SMILES string of the molecule is Cc1cc(Nc2cc(Nc3cccc(NC(=O)/C=C/CN(C)CCCCNC(=O)CCCC(=O)NCCCOCCOCCOCCCNC(=O)CCCC[C@@H]4SC[C@@H]5NC(=O)N[C@@H]54)c3)ncn2)ccc1OCc1cccc(F)c1. The summed E-state index contributed by atoms with van der Waals surface area (Å²) in [6.45, 7) is 8.07. The molecule has 434 valence electrons. The van der Waals surface area contributed by atoms with Gasteiger partial charge in [0.05, 0.1) is 38.5 Å². The molecule has 2 aliphatic heterocycles. The second kappa shape index (κ2) is 35.7. The molecule has 3 aromatic carbocycles. The lowest BCUT2D eigenvalue weighted by molar-refractivity contribution is -0.123. The number of aryl methyl sites for hydroxylation is 1. The van der Waals surface area contributed by atoms with Crippen LogP contribution >= 0.6 is 11.8 Å². The number of thioether (sulfide) groups is 1. The summed E-state index contributed by atoms with van der Waals surface area (Å²) in [7, 11) is 1.98. The summed E-state index contributed by atoms with van der Waals surface area (Å²) >= 11 is 1.90. The smallest absolute Gasteiger partial charge is 0.315 e. The maximum atomic E-state index is 13.6. The maximum absolute atomic E-state index is 13.6. The quantitative estimate of drug-likeness (QED) is 0.0124. The number of hydrogen-bond donors (Lipinski definition) is 8. The molecule has 2 saturated heterocycles. The normalized spacial score (nSPS) is 15.5. The Hall–Kier alpha value is -6.85. The molecule has 0 radical (unpaired) electrons. The van der Waals surface area contributed by atoms with E-state index in [9.17, 15) is 28.4 Å². The van der Waals surface area contributed by atoms with E-state index in [1.54, 1.807) is 12.1 Å². The molecule has 2 fully saturated rings. The van der Waals surface area contributed by atoms with Crippen molar-refractivity contribution in [2.45, 2.75) is 101 Å². The lowest BCUT2D eigenvalue weighted by Gasteiger charge is -2.16. The number of urea groups is 1. The van der Waals surface area contributed by atoms with Crippen molar-refractivity contribution in [2.24, 2.45) is 0 Å². The number of hydrogen-bond acceptors (Lipinski definition) is 15.